The van der Waals surface area contributed by atoms with Crippen LogP contribution in [0.1, 0.15) is 59.3 Å². The summed E-state index contributed by atoms with van der Waals surface area (Å²) in [5, 5.41) is 5.74. The SMILES string of the molecule is CCCCSCCNC(=O)CCCNC(=O)C(CC)CC(C)C(N)=O. The maximum atomic E-state index is 12.1. The summed E-state index contributed by atoms with van der Waals surface area (Å²) in [5.41, 5.74) is 5.25. The molecule has 0 aromatic rings. The van der Waals surface area contributed by atoms with E-state index in [-0.39, 0.29) is 29.6 Å². The van der Waals surface area contributed by atoms with Gasteiger partial charge in [-0.2, -0.15) is 11.8 Å². The first-order valence-corrected chi connectivity index (χ1v) is 10.5. The van der Waals surface area contributed by atoms with Crippen LogP contribution in [-0.2, 0) is 14.4 Å². The highest BCUT2D eigenvalue weighted by Gasteiger charge is 2.21. The molecule has 25 heavy (non-hydrogen) atoms. The monoisotopic (exact) mass is 373 g/mol. The summed E-state index contributed by atoms with van der Waals surface area (Å²) >= 11 is 1.86. The van der Waals surface area contributed by atoms with Gasteiger partial charge in [-0.15, -0.1) is 0 Å². The second kappa shape index (κ2) is 15.0. The lowest BCUT2D eigenvalue weighted by molar-refractivity contribution is -0.127. The van der Waals surface area contributed by atoms with Gasteiger partial charge in [-0.3, -0.25) is 14.4 Å². The molecule has 2 unspecified atom stereocenters. The van der Waals surface area contributed by atoms with Gasteiger partial charge in [0.05, 0.1) is 0 Å². The van der Waals surface area contributed by atoms with Gasteiger partial charge in [0, 0.05) is 37.1 Å². The van der Waals surface area contributed by atoms with E-state index in [1.54, 1.807) is 6.92 Å². The summed E-state index contributed by atoms with van der Waals surface area (Å²) in [7, 11) is 0. The molecule has 0 aliphatic rings. The Hall–Kier alpha value is -1.24. The van der Waals surface area contributed by atoms with Crippen molar-refractivity contribution in [3.8, 4) is 0 Å². The van der Waals surface area contributed by atoms with Crippen molar-refractivity contribution in [2.75, 3.05) is 24.6 Å². The molecule has 0 rings (SSSR count). The van der Waals surface area contributed by atoms with Crippen LogP contribution in [0.2, 0.25) is 0 Å². The fourth-order valence-electron chi connectivity index (χ4n) is 2.31. The van der Waals surface area contributed by atoms with Gasteiger partial charge in [0.2, 0.25) is 17.7 Å². The van der Waals surface area contributed by atoms with Crippen LogP contribution in [0.4, 0.5) is 0 Å². The lowest BCUT2D eigenvalue weighted by Crippen LogP contribution is -2.34. The van der Waals surface area contributed by atoms with Crippen molar-refractivity contribution in [3.05, 3.63) is 0 Å². The average Bonchev–Trinajstić information content (AvgIpc) is 2.58. The molecular weight excluding hydrogens is 338 g/mol. The third kappa shape index (κ3) is 12.7. The lowest BCUT2D eigenvalue weighted by atomic mass is 9.92. The normalized spacial score (nSPS) is 13.1. The lowest BCUT2D eigenvalue weighted by Gasteiger charge is -2.17. The van der Waals surface area contributed by atoms with Gasteiger partial charge in [0.25, 0.3) is 0 Å². The van der Waals surface area contributed by atoms with Crippen LogP contribution in [0.3, 0.4) is 0 Å². The van der Waals surface area contributed by atoms with Crippen LogP contribution in [0, 0.1) is 11.8 Å². The smallest absolute Gasteiger partial charge is 0.223 e. The highest BCUT2D eigenvalue weighted by Crippen LogP contribution is 2.15. The Morgan fingerprint density at radius 3 is 2.36 bits per heavy atom. The fraction of sp³-hybridized carbons (Fsp3) is 0.833. The number of amides is 3. The molecule has 3 amide bonds. The summed E-state index contributed by atoms with van der Waals surface area (Å²) in [5.74, 6) is 1.15. The molecular formula is C18H35N3O3S. The number of carbonyl (C=O) groups excluding carboxylic acids is 3. The molecule has 0 aliphatic heterocycles. The molecule has 0 saturated carbocycles. The van der Waals surface area contributed by atoms with Crippen molar-refractivity contribution in [2.24, 2.45) is 17.6 Å². The summed E-state index contributed by atoms with van der Waals surface area (Å²) in [6, 6.07) is 0. The van der Waals surface area contributed by atoms with Crippen LogP contribution in [0.5, 0.6) is 0 Å². The Morgan fingerprint density at radius 2 is 1.76 bits per heavy atom. The van der Waals surface area contributed by atoms with Gasteiger partial charge >= 0.3 is 0 Å². The highest BCUT2D eigenvalue weighted by molar-refractivity contribution is 7.99. The Morgan fingerprint density at radius 1 is 1.04 bits per heavy atom. The van der Waals surface area contributed by atoms with E-state index in [9.17, 15) is 14.4 Å². The summed E-state index contributed by atoms with van der Waals surface area (Å²) in [6.07, 6.45) is 4.57. The summed E-state index contributed by atoms with van der Waals surface area (Å²) in [4.78, 5) is 34.9. The zero-order valence-electron chi connectivity index (χ0n) is 15.9. The first kappa shape index (κ1) is 23.8. The van der Waals surface area contributed by atoms with E-state index in [0.717, 1.165) is 11.5 Å². The zero-order valence-corrected chi connectivity index (χ0v) is 16.8. The van der Waals surface area contributed by atoms with Crippen molar-refractivity contribution in [1.82, 2.24) is 10.6 Å². The number of rotatable bonds is 15. The number of nitrogens with one attached hydrogen (secondary N) is 2. The minimum absolute atomic E-state index is 0.0275. The van der Waals surface area contributed by atoms with Crippen LogP contribution in [0.25, 0.3) is 0 Å². The molecule has 0 radical (unpaired) electrons. The van der Waals surface area contributed by atoms with Crippen LogP contribution in [0.15, 0.2) is 0 Å². The highest BCUT2D eigenvalue weighted by atomic mass is 32.2. The quantitative estimate of drug-likeness (QED) is 0.382. The number of hydrogen-bond acceptors (Lipinski definition) is 4. The minimum atomic E-state index is -0.379. The molecule has 0 fully saturated rings. The van der Waals surface area contributed by atoms with Crippen molar-refractivity contribution in [2.45, 2.75) is 59.3 Å². The first-order valence-electron chi connectivity index (χ1n) is 9.33. The zero-order chi connectivity index (χ0) is 19.1. The molecule has 0 bridgehead atoms. The van der Waals surface area contributed by atoms with Crippen molar-refractivity contribution >= 4 is 29.5 Å². The number of unbranched alkanes of at least 4 members (excludes halogenated alkanes) is 1. The van der Waals surface area contributed by atoms with E-state index in [2.05, 4.69) is 17.6 Å². The van der Waals surface area contributed by atoms with E-state index >= 15 is 0 Å². The predicted octanol–water partition coefficient (Wildman–Crippen LogP) is 2.07. The van der Waals surface area contributed by atoms with Crippen molar-refractivity contribution < 1.29 is 14.4 Å². The number of thioether (sulfide) groups is 1. The van der Waals surface area contributed by atoms with Crippen molar-refractivity contribution in [1.29, 1.82) is 0 Å². The Balaban J connectivity index is 3.78. The van der Waals surface area contributed by atoms with E-state index in [0.29, 0.717) is 38.8 Å². The van der Waals surface area contributed by atoms with Crippen LogP contribution in [-0.4, -0.2) is 42.3 Å². The Bertz CT molecular complexity index is 405. The topological polar surface area (TPSA) is 101 Å². The van der Waals surface area contributed by atoms with E-state index in [1.165, 1.54) is 12.8 Å². The fourth-order valence-corrected chi connectivity index (χ4v) is 3.25. The van der Waals surface area contributed by atoms with E-state index in [4.69, 9.17) is 5.73 Å². The molecule has 0 aromatic carbocycles. The van der Waals surface area contributed by atoms with Gasteiger partial charge in [-0.25, -0.2) is 0 Å². The standard InChI is InChI=1S/C18H35N3O3S/c1-4-6-11-25-12-10-20-16(22)8-7-9-21-18(24)15(5-2)13-14(3)17(19)23/h14-15H,4-13H2,1-3H3,(H2,19,23)(H,20,22)(H,21,24). The molecule has 0 spiro atoms. The number of hydrogen-bond donors (Lipinski definition) is 3. The predicted molar refractivity (Wildman–Crippen MR) is 104 cm³/mol. The molecule has 7 heteroatoms. The molecule has 146 valence electrons. The Labute approximate surface area is 156 Å². The number of carbonyl (C=O) groups is 3. The third-order valence-electron chi connectivity index (χ3n) is 4.08. The maximum absolute atomic E-state index is 12.1. The van der Waals surface area contributed by atoms with Gasteiger partial charge in [-0.05, 0) is 31.4 Å². The first-order chi connectivity index (χ1) is 11.9. The van der Waals surface area contributed by atoms with Gasteiger partial charge in [0.1, 0.15) is 0 Å². The molecule has 6 nitrogen and oxygen atoms in total. The van der Waals surface area contributed by atoms with E-state index in [1.807, 2.05) is 18.7 Å². The van der Waals surface area contributed by atoms with Gasteiger partial charge in [-0.1, -0.05) is 27.2 Å². The van der Waals surface area contributed by atoms with Crippen LogP contribution >= 0.6 is 11.8 Å². The molecule has 2 atom stereocenters. The largest absolute Gasteiger partial charge is 0.369 e. The summed E-state index contributed by atoms with van der Waals surface area (Å²) < 4.78 is 0. The van der Waals surface area contributed by atoms with Crippen LogP contribution < -0.4 is 16.4 Å². The molecule has 0 aliphatic carbocycles. The number of primary amides is 1. The minimum Gasteiger partial charge on any atom is -0.369 e. The van der Waals surface area contributed by atoms with E-state index < -0.39 is 0 Å². The van der Waals surface area contributed by atoms with Gasteiger partial charge in [0.15, 0.2) is 0 Å². The van der Waals surface area contributed by atoms with Crippen molar-refractivity contribution in [3.63, 3.8) is 0 Å². The maximum Gasteiger partial charge on any atom is 0.223 e. The molecule has 0 aromatic heterocycles. The van der Waals surface area contributed by atoms with Gasteiger partial charge < -0.3 is 16.4 Å². The molecule has 4 N–H and O–H groups in total. The molecule has 0 saturated heterocycles. The second-order valence-electron chi connectivity index (χ2n) is 6.35. The molecule has 0 heterocycles. The summed E-state index contributed by atoms with van der Waals surface area (Å²) in [6.45, 7) is 7.00. The Kier molecular flexibility index (Phi) is 14.3. The second-order valence-corrected chi connectivity index (χ2v) is 7.58. The average molecular weight is 374 g/mol. The third-order valence-corrected chi connectivity index (χ3v) is 5.15. The number of nitrogens with two attached hydrogens (primary N) is 1.